The Bertz CT molecular complexity index is 597. The van der Waals surface area contributed by atoms with Gasteiger partial charge in [0, 0.05) is 6.92 Å². The van der Waals surface area contributed by atoms with Crippen molar-refractivity contribution in [3.63, 3.8) is 0 Å². The number of hydrogen-bond acceptors (Lipinski definition) is 4. The smallest absolute Gasteiger partial charge is 0.242 e. The van der Waals surface area contributed by atoms with Gasteiger partial charge in [-0.25, -0.2) is 0 Å². The summed E-state index contributed by atoms with van der Waals surface area (Å²) in [5.74, 6) is 0.295. The molecule has 1 aromatic rings. The van der Waals surface area contributed by atoms with Crippen LogP contribution in [0.1, 0.15) is 45.4 Å². The van der Waals surface area contributed by atoms with E-state index in [0.717, 1.165) is 12.8 Å². The topological polar surface area (TPSA) is 84.5 Å². The molecule has 1 aromatic carbocycles. The Morgan fingerprint density at radius 2 is 1.81 bits per heavy atom. The number of carbonyl (C=O) groups is 3. The first-order chi connectivity index (χ1) is 12.5. The second-order valence-electron chi connectivity index (χ2n) is 6.85. The van der Waals surface area contributed by atoms with Crippen molar-refractivity contribution in [2.75, 3.05) is 13.2 Å². The van der Waals surface area contributed by atoms with Gasteiger partial charge in [0.05, 0.1) is 6.54 Å². The molecule has 2 amide bonds. The zero-order chi connectivity index (χ0) is 18.8. The molecule has 0 spiro atoms. The first-order valence-electron chi connectivity index (χ1n) is 9.29. The maximum Gasteiger partial charge on any atom is 0.242 e. The number of nitrogens with one attached hydrogen (secondary N) is 2. The van der Waals surface area contributed by atoms with Crippen LogP contribution in [-0.4, -0.2) is 36.8 Å². The Kier molecular flexibility index (Phi) is 8.12. The zero-order valence-electron chi connectivity index (χ0n) is 15.3. The number of Topliss-reactive ketones (excluding diaryl/α,β-unsaturated/α-hetero) is 1. The van der Waals surface area contributed by atoms with Gasteiger partial charge >= 0.3 is 0 Å². The Morgan fingerprint density at radius 1 is 1.12 bits per heavy atom. The van der Waals surface area contributed by atoms with E-state index in [9.17, 15) is 14.4 Å². The average molecular weight is 360 g/mol. The van der Waals surface area contributed by atoms with Crippen molar-refractivity contribution in [3.05, 3.63) is 30.3 Å². The normalized spacial score (nSPS) is 15.7. The number of para-hydroxylation sites is 1. The molecule has 1 aliphatic carbocycles. The van der Waals surface area contributed by atoms with Crippen LogP contribution in [0.2, 0.25) is 0 Å². The minimum absolute atomic E-state index is 0.0995. The van der Waals surface area contributed by atoms with Crippen LogP contribution in [0, 0.1) is 5.92 Å². The van der Waals surface area contributed by atoms with E-state index in [2.05, 4.69) is 10.6 Å². The first kappa shape index (κ1) is 19.9. The molecular weight excluding hydrogens is 332 g/mol. The molecule has 6 heteroatoms. The van der Waals surface area contributed by atoms with Crippen LogP contribution in [0.25, 0.3) is 0 Å². The number of ether oxygens (including phenoxy) is 1. The Labute approximate surface area is 154 Å². The summed E-state index contributed by atoms with van der Waals surface area (Å²) in [6, 6.07) is 8.46. The van der Waals surface area contributed by atoms with Crippen LogP contribution in [0.15, 0.2) is 30.3 Å². The number of benzene rings is 1. The van der Waals surface area contributed by atoms with Crippen molar-refractivity contribution in [1.82, 2.24) is 10.6 Å². The van der Waals surface area contributed by atoms with Gasteiger partial charge in [-0.2, -0.15) is 0 Å². The molecule has 2 N–H and O–H groups in total. The van der Waals surface area contributed by atoms with E-state index in [-0.39, 0.29) is 30.7 Å². The van der Waals surface area contributed by atoms with Crippen molar-refractivity contribution in [1.29, 1.82) is 0 Å². The van der Waals surface area contributed by atoms with Gasteiger partial charge in [0.15, 0.2) is 5.78 Å². The Hall–Kier alpha value is -2.37. The largest absolute Gasteiger partial charge is 0.486 e. The van der Waals surface area contributed by atoms with Crippen LogP contribution < -0.4 is 15.4 Å². The van der Waals surface area contributed by atoms with Crippen LogP contribution in [0.5, 0.6) is 5.75 Å². The Morgan fingerprint density at radius 3 is 2.46 bits per heavy atom. The molecule has 0 heterocycles. The molecule has 1 aliphatic rings. The molecule has 0 saturated heterocycles. The molecule has 26 heavy (non-hydrogen) atoms. The highest BCUT2D eigenvalue weighted by Gasteiger charge is 2.25. The number of hydrogen-bond donors (Lipinski definition) is 2. The third kappa shape index (κ3) is 7.25. The van der Waals surface area contributed by atoms with E-state index in [1.165, 1.54) is 26.2 Å². The molecular formula is C20H28N2O4. The highest BCUT2D eigenvalue weighted by Crippen LogP contribution is 2.27. The molecule has 1 fully saturated rings. The van der Waals surface area contributed by atoms with E-state index in [4.69, 9.17) is 4.74 Å². The summed E-state index contributed by atoms with van der Waals surface area (Å²) in [7, 11) is 0. The predicted octanol–water partition coefficient (Wildman–Crippen LogP) is 2.23. The van der Waals surface area contributed by atoms with Gasteiger partial charge in [-0.15, -0.1) is 0 Å². The van der Waals surface area contributed by atoms with Gasteiger partial charge in [-0.1, -0.05) is 50.3 Å². The maximum atomic E-state index is 12.4. The number of carbonyl (C=O) groups excluding carboxylic acids is 3. The third-order valence-corrected chi connectivity index (χ3v) is 4.59. The lowest BCUT2D eigenvalue weighted by Gasteiger charge is -2.26. The molecule has 0 bridgehead atoms. The van der Waals surface area contributed by atoms with Crippen LogP contribution >= 0.6 is 0 Å². The fourth-order valence-corrected chi connectivity index (χ4v) is 3.27. The summed E-state index contributed by atoms with van der Waals surface area (Å²) in [6.45, 7) is 1.20. The predicted molar refractivity (Wildman–Crippen MR) is 98.8 cm³/mol. The average Bonchev–Trinajstić information content (AvgIpc) is 2.65. The molecule has 1 atom stereocenters. The van der Waals surface area contributed by atoms with Crippen molar-refractivity contribution >= 4 is 17.6 Å². The van der Waals surface area contributed by atoms with Gasteiger partial charge in [0.1, 0.15) is 18.4 Å². The molecule has 1 unspecified atom stereocenters. The zero-order valence-corrected chi connectivity index (χ0v) is 15.3. The number of rotatable bonds is 9. The van der Waals surface area contributed by atoms with Crippen molar-refractivity contribution in [2.24, 2.45) is 5.92 Å². The summed E-state index contributed by atoms with van der Waals surface area (Å²) in [5.41, 5.74) is 0. The van der Waals surface area contributed by atoms with E-state index in [1.54, 1.807) is 12.1 Å². The maximum absolute atomic E-state index is 12.4. The molecule has 142 valence electrons. The standard InChI is InChI=1S/C20H28N2O4/c1-15(23)22-19(12-16-8-4-2-5-9-16)20(25)21-13-17(24)14-26-18-10-6-3-7-11-18/h3,6-7,10-11,16,19H,2,4-5,8-9,12-14H2,1H3,(H,21,25)(H,22,23). The second-order valence-corrected chi connectivity index (χ2v) is 6.85. The van der Waals surface area contributed by atoms with Crippen molar-refractivity contribution in [2.45, 2.75) is 51.5 Å². The highest BCUT2D eigenvalue weighted by atomic mass is 16.5. The lowest BCUT2D eigenvalue weighted by Crippen LogP contribution is -2.48. The molecule has 0 radical (unpaired) electrons. The van der Waals surface area contributed by atoms with Gasteiger partial charge in [-0.3, -0.25) is 14.4 Å². The number of ketones is 1. The van der Waals surface area contributed by atoms with Crippen LogP contribution in [-0.2, 0) is 14.4 Å². The monoisotopic (exact) mass is 360 g/mol. The summed E-state index contributed by atoms with van der Waals surface area (Å²) < 4.78 is 5.38. The quantitative estimate of drug-likeness (QED) is 0.707. The minimum atomic E-state index is -0.585. The molecule has 0 aliphatic heterocycles. The molecule has 1 saturated carbocycles. The van der Waals surface area contributed by atoms with Gasteiger partial charge in [-0.05, 0) is 24.5 Å². The molecule has 6 nitrogen and oxygen atoms in total. The van der Waals surface area contributed by atoms with Crippen LogP contribution in [0.3, 0.4) is 0 Å². The van der Waals surface area contributed by atoms with Gasteiger partial charge in [0.2, 0.25) is 11.8 Å². The minimum Gasteiger partial charge on any atom is -0.486 e. The summed E-state index contributed by atoms with van der Waals surface area (Å²) in [6.07, 6.45) is 6.40. The van der Waals surface area contributed by atoms with E-state index < -0.39 is 6.04 Å². The van der Waals surface area contributed by atoms with Crippen molar-refractivity contribution in [3.8, 4) is 5.75 Å². The number of amides is 2. The third-order valence-electron chi connectivity index (χ3n) is 4.59. The second kappa shape index (κ2) is 10.6. The van der Waals surface area contributed by atoms with Gasteiger partial charge in [0.25, 0.3) is 0 Å². The fourth-order valence-electron chi connectivity index (χ4n) is 3.27. The lowest BCUT2D eigenvalue weighted by molar-refractivity contribution is -0.130. The van der Waals surface area contributed by atoms with Crippen molar-refractivity contribution < 1.29 is 19.1 Å². The summed E-state index contributed by atoms with van der Waals surface area (Å²) in [4.78, 5) is 35.8. The Balaban J connectivity index is 1.77. The highest BCUT2D eigenvalue weighted by molar-refractivity contribution is 5.91. The van der Waals surface area contributed by atoms with E-state index in [0.29, 0.717) is 18.1 Å². The first-order valence-corrected chi connectivity index (χ1v) is 9.29. The summed E-state index contributed by atoms with van der Waals surface area (Å²) in [5, 5.41) is 5.35. The molecule has 2 rings (SSSR count). The van der Waals surface area contributed by atoms with Crippen LogP contribution in [0.4, 0.5) is 0 Å². The van der Waals surface area contributed by atoms with E-state index in [1.807, 2.05) is 18.2 Å². The SMILES string of the molecule is CC(=O)NC(CC1CCCCC1)C(=O)NCC(=O)COc1ccccc1. The van der Waals surface area contributed by atoms with E-state index >= 15 is 0 Å². The van der Waals surface area contributed by atoms with Gasteiger partial charge < -0.3 is 15.4 Å². The molecule has 0 aromatic heterocycles. The fraction of sp³-hybridized carbons (Fsp3) is 0.550. The lowest BCUT2D eigenvalue weighted by atomic mass is 9.84. The summed E-state index contributed by atoms with van der Waals surface area (Å²) >= 11 is 0.